The van der Waals surface area contributed by atoms with Crippen molar-refractivity contribution in [3.05, 3.63) is 35.4 Å². The van der Waals surface area contributed by atoms with Crippen molar-refractivity contribution < 1.29 is 4.79 Å². The lowest BCUT2D eigenvalue weighted by Gasteiger charge is -2.19. The standard InChI is InChI=1S/C16H24N2O/c1-11-6-7-15(12(11)2)18-16(19)14-5-3-4-13(10-14)8-9-17/h3-5,10-12,15H,6-9,17H2,1-2H3,(H,18,19). The van der Waals surface area contributed by atoms with Gasteiger partial charge in [0.25, 0.3) is 5.91 Å². The summed E-state index contributed by atoms with van der Waals surface area (Å²) in [6.45, 7) is 5.11. The maximum atomic E-state index is 12.3. The molecule has 0 heterocycles. The molecule has 104 valence electrons. The maximum Gasteiger partial charge on any atom is 0.251 e. The number of nitrogens with one attached hydrogen (secondary N) is 1. The maximum absolute atomic E-state index is 12.3. The molecule has 1 aliphatic rings. The lowest BCUT2D eigenvalue weighted by atomic mass is 9.97. The Morgan fingerprint density at radius 2 is 2.16 bits per heavy atom. The monoisotopic (exact) mass is 260 g/mol. The van der Waals surface area contributed by atoms with Crippen molar-refractivity contribution >= 4 is 5.91 Å². The Hall–Kier alpha value is -1.35. The molecule has 1 amide bonds. The normalized spacial score (nSPS) is 26.4. The molecule has 1 fully saturated rings. The predicted octanol–water partition coefficient (Wildman–Crippen LogP) is 2.35. The first kappa shape index (κ1) is 14.1. The molecule has 0 radical (unpaired) electrons. The molecule has 0 spiro atoms. The SMILES string of the molecule is CC1CCC(NC(=O)c2cccc(CCN)c2)C1C. The van der Waals surface area contributed by atoms with Crippen molar-refractivity contribution in [2.45, 2.75) is 39.2 Å². The highest BCUT2D eigenvalue weighted by atomic mass is 16.1. The summed E-state index contributed by atoms with van der Waals surface area (Å²) in [6, 6.07) is 8.09. The smallest absolute Gasteiger partial charge is 0.251 e. The summed E-state index contributed by atoms with van der Waals surface area (Å²) < 4.78 is 0. The van der Waals surface area contributed by atoms with Gasteiger partial charge in [0.2, 0.25) is 0 Å². The van der Waals surface area contributed by atoms with E-state index in [4.69, 9.17) is 5.73 Å². The predicted molar refractivity (Wildman–Crippen MR) is 78.0 cm³/mol. The molecule has 1 aliphatic carbocycles. The van der Waals surface area contributed by atoms with Gasteiger partial charge in [-0.3, -0.25) is 4.79 Å². The molecular weight excluding hydrogens is 236 g/mol. The highest BCUT2D eigenvalue weighted by Crippen LogP contribution is 2.31. The van der Waals surface area contributed by atoms with E-state index in [1.54, 1.807) is 0 Å². The lowest BCUT2D eigenvalue weighted by molar-refractivity contribution is 0.0927. The van der Waals surface area contributed by atoms with Crippen LogP contribution in [0, 0.1) is 11.8 Å². The average Bonchev–Trinajstić information content (AvgIpc) is 2.71. The summed E-state index contributed by atoms with van der Waals surface area (Å²) in [5.74, 6) is 1.31. The Kier molecular flexibility index (Phi) is 4.59. The van der Waals surface area contributed by atoms with Crippen molar-refractivity contribution in [2.24, 2.45) is 17.6 Å². The molecule has 0 aliphatic heterocycles. The van der Waals surface area contributed by atoms with Crippen LogP contribution in [0.25, 0.3) is 0 Å². The molecular formula is C16H24N2O. The highest BCUT2D eigenvalue weighted by Gasteiger charge is 2.30. The van der Waals surface area contributed by atoms with Crippen LogP contribution in [0.5, 0.6) is 0 Å². The fraction of sp³-hybridized carbons (Fsp3) is 0.562. The number of carbonyl (C=O) groups is 1. The highest BCUT2D eigenvalue weighted by molar-refractivity contribution is 5.94. The second-order valence-corrected chi connectivity index (χ2v) is 5.73. The fourth-order valence-electron chi connectivity index (χ4n) is 2.85. The quantitative estimate of drug-likeness (QED) is 0.873. The van der Waals surface area contributed by atoms with E-state index in [9.17, 15) is 4.79 Å². The van der Waals surface area contributed by atoms with E-state index in [1.807, 2.05) is 24.3 Å². The van der Waals surface area contributed by atoms with Gasteiger partial charge in [-0.25, -0.2) is 0 Å². The first-order valence-corrected chi connectivity index (χ1v) is 7.21. The van der Waals surface area contributed by atoms with E-state index in [0.717, 1.165) is 24.0 Å². The summed E-state index contributed by atoms with van der Waals surface area (Å²) >= 11 is 0. The molecule has 1 saturated carbocycles. The van der Waals surface area contributed by atoms with Crippen LogP contribution in [0.4, 0.5) is 0 Å². The number of nitrogens with two attached hydrogens (primary N) is 1. The Bertz CT molecular complexity index is 444. The first-order chi connectivity index (χ1) is 9.11. The zero-order chi connectivity index (χ0) is 13.8. The largest absolute Gasteiger partial charge is 0.349 e. The van der Waals surface area contributed by atoms with Crippen LogP contribution >= 0.6 is 0 Å². The molecule has 3 atom stereocenters. The molecule has 3 heteroatoms. The van der Waals surface area contributed by atoms with Gasteiger partial charge in [0.15, 0.2) is 0 Å². The van der Waals surface area contributed by atoms with E-state index in [0.29, 0.717) is 24.4 Å². The van der Waals surface area contributed by atoms with Gasteiger partial charge in [-0.15, -0.1) is 0 Å². The molecule has 0 bridgehead atoms. The van der Waals surface area contributed by atoms with E-state index in [-0.39, 0.29) is 5.91 Å². The number of amides is 1. The van der Waals surface area contributed by atoms with Crippen LogP contribution in [-0.4, -0.2) is 18.5 Å². The third-order valence-corrected chi connectivity index (χ3v) is 4.40. The van der Waals surface area contributed by atoms with Gasteiger partial charge in [-0.05, 0) is 55.3 Å². The van der Waals surface area contributed by atoms with E-state index in [2.05, 4.69) is 19.2 Å². The molecule has 19 heavy (non-hydrogen) atoms. The second kappa shape index (κ2) is 6.20. The van der Waals surface area contributed by atoms with Gasteiger partial charge in [0, 0.05) is 11.6 Å². The molecule has 2 rings (SSSR count). The van der Waals surface area contributed by atoms with Crippen molar-refractivity contribution in [3.63, 3.8) is 0 Å². The minimum atomic E-state index is 0.0461. The van der Waals surface area contributed by atoms with Crippen molar-refractivity contribution in [1.29, 1.82) is 0 Å². The van der Waals surface area contributed by atoms with Crippen molar-refractivity contribution in [1.82, 2.24) is 5.32 Å². The van der Waals surface area contributed by atoms with Gasteiger partial charge in [0.1, 0.15) is 0 Å². The Labute approximate surface area is 115 Å². The molecule has 0 saturated heterocycles. The fourth-order valence-corrected chi connectivity index (χ4v) is 2.85. The number of carbonyl (C=O) groups excluding carboxylic acids is 1. The number of rotatable bonds is 4. The molecule has 3 unspecified atom stereocenters. The van der Waals surface area contributed by atoms with Crippen LogP contribution in [0.15, 0.2) is 24.3 Å². The van der Waals surface area contributed by atoms with Crippen LogP contribution in [0.1, 0.15) is 42.6 Å². The minimum absolute atomic E-state index is 0.0461. The van der Waals surface area contributed by atoms with Crippen molar-refractivity contribution in [3.8, 4) is 0 Å². The van der Waals surface area contributed by atoms with Crippen LogP contribution in [0.2, 0.25) is 0 Å². The van der Waals surface area contributed by atoms with Crippen molar-refractivity contribution in [2.75, 3.05) is 6.54 Å². The number of hydrogen-bond acceptors (Lipinski definition) is 2. The van der Waals surface area contributed by atoms with Crippen LogP contribution in [0.3, 0.4) is 0 Å². The third kappa shape index (κ3) is 3.35. The van der Waals surface area contributed by atoms with Crippen LogP contribution < -0.4 is 11.1 Å². The van der Waals surface area contributed by atoms with Gasteiger partial charge in [-0.2, -0.15) is 0 Å². The molecule has 3 N–H and O–H groups in total. The molecule has 1 aromatic rings. The summed E-state index contributed by atoms with van der Waals surface area (Å²) in [7, 11) is 0. The van der Waals surface area contributed by atoms with E-state index >= 15 is 0 Å². The minimum Gasteiger partial charge on any atom is -0.349 e. The Morgan fingerprint density at radius 3 is 2.79 bits per heavy atom. The van der Waals surface area contributed by atoms with E-state index < -0.39 is 0 Å². The summed E-state index contributed by atoms with van der Waals surface area (Å²) in [5, 5.41) is 3.17. The molecule has 0 aromatic heterocycles. The topological polar surface area (TPSA) is 55.1 Å². The van der Waals surface area contributed by atoms with Gasteiger partial charge >= 0.3 is 0 Å². The average molecular weight is 260 g/mol. The lowest BCUT2D eigenvalue weighted by Crippen LogP contribution is -2.37. The number of hydrogen-bond donors (Lipinski definition) is 2. The second-order valence-electron chi connectivity index (χ2n) is 5.73. The first-order valence-electron chi connectivity index (χ1n) is 7.21. The van der Waals surface area contributed by atoms with Crippen LogP contribution in [-0.2, 0) is 6.42 Å². The zero-order valence-corrected chi connectivity index (χ0v) is 11.9. The zero-order valence-electron chi connectivity index (χ0n) is 11.9. The van der Waals surface area contributed by atoms with Gasteiger partial charge in [-0.1, -0.05) is 26.0 Å². The summed E-state index contributed by atoms with van der Waals surface area (Å²) in [5.41, 5.74) is 7.43. The third-order valence-electron chi connectivity index (χ3n) is 4.40. The molecule has 1 aromatic carbocycles. The Morgan fingerprint density at radius 1 is 1.37 bits per heavy atom. The number of benzene rings is 1. The molecule has 3 nitrogen and oxygen atoms in total. The Balaban J connectivity index is 2.01. The summed E-state index contributed by atoms with van der Waals surface area (Å²) in [6.07, 6.45) is 3.12. The van der Waals surface area contributed by atoms with Gasteiger partial charge < -0.3 is 11.1 Å². The van der Waals surface area contributed by atoms with Gasteiger partial charge in [0.05, 0.1) is 0 Å². The summed E-state index contributed by atoms with van der Waals surface area (Å²) in [4.78, 5) is 12.3. The van der Waals surface area contributed by atoms with E-state index in [1.165, 1.54) is 6.42 Å².